The van der Waals surface area contributed by atoms with Gasteiger partial charge in [0, 0.05) is 47.8 Å². The minimum Gasteiger partial charge on any atom is -0.378 e. The van der Waals surface area contributed by atoms with Crippen LogP contribution in [0.2, 0.25) is 0 Å². The number of nitrogens with zero attached hydrogens (tertiary/aromatic N) is 2. The Hall–Kier alpha value is -2.39. The molecular weight excluding hydrogens is 366 g/mol. The summed E-state index contributed by atoms with van der Waals surface area (Å²) in [5, 5.41) is 17.6. The number of rotatable bonds is 3. The highest BCUT2D eigenvalue weighted by Gasteiger charge is 2.23. The van der Waals surface area contributed by atoms with Gasteiger partial charge in [0.25, 0.3) is 0 Å². The monoisotopic (exact) mass is 391 g/mol. The van der Waals surface area contributed by atoms with Gasteiger partial charge >= 0.3 is 0 Å². The summed E-state index contributed by atoms with van der Waals surface area (Å²) in [7, 11) is 0. The van der Waals surface area contributed by atoms with Crippen LogP contribution >= 0.6 is 11.3 Å². The average Bonchev–Trinajstić information content (AvgIpc) is 3.27. The second-order valence-electron chi connectivity index (χ2n) is 7.93. The van der Waals surface area contributed by atoms with Crippen molar-refractivity contribution in [1.29, 1.82) is 0 Å². The quantitative estimate of drug-likeness (QED) is 0.660. The molecule has 3 heterocycles. The van der Waals surface area contributed by atoms with Crippen LogP contribution in [0.4, 0.5) is 0 Å². The number of aromatic amines is 1. The highest BCUT2D eigenvalue weighted by molar-refractivity contribution is 7.12. The number of H-pyrrole nitrogens is 1. The van der Waals surface area contributed by atoms with Crippen LogP contribution in [0.25, 0.3) is 11.3 Å². The van der Waals surface area contributed by atoms with Gasteiger partial charge in [0.2, 0.25) is 0 Å². The fourth-order valence-corrected chi connectivity index (χ4v) is 4.30. The maximum Gasteiger partial charge on any atom is 0.120 e. The standard InChI is InChI=1S/C23H25N3OS/c1-16-4-6-17(7-5-16)22-20-15-26(13-11-21(20)24-25-22)14-19-9-8-18(28-19)10-12-23(2,3)27/h4-9,27H,11,13-15H2,1-3H3,(H,24,25). The van der Waals surface area contributed by atoms with Gasteiger partial charge in [-0.25, -0.2) is 0 Å². The lowest BCUT2D eigenvalue weighted by Gasteiger charge is -2.26. The number of thiophene rings is 1. The van der Waals surface area contributed by atoms with Gasteiger partial charge in [0.05, 0.1) is 10.6 Å². The Bertz CT molecular complexity index is 1030. The Morgan fingerprint density at radius 2 is 2.00 bits per heavy atom. The molecule has 1 aromatic carbocycles. The third kappa shape index (κ3) is 4.36. The van der Waals surface area contributed by atoms with Crippen LogP contribution in [0, 0.1) is 18.8 Å². The number of aliphatic hydroxyl groups is 1. The van der Waals surface area contributed by atoms with E-state index < -0.39 is 5.60 Å². The topological polar surface area (TPSA) is 52.2 Å². The van der Waals surface area contributed by atoms with E-state index in [1.165, 1.54) is 27.3 Å². The molecule has 0 unspecified atom stereocenters. The second kappa shape index (κ2) is 7.56. The van der Waals surface area contributed by atoms with E-state index in [9.17, 15) is 5.11 Å². The molecule has 0 fully saturated rings. The van der Waals surface area contributed by atoms with Gasteiger partial charge in [-0.3, -0.25) is 10.00 Å². The molecule has 2 N–H and O–H groups in total. The van der Waals surface area contributed by atoms with Gasteiger partial charge in [-0.2, -0.15) is 5.10 Å². The van der Waals surface area contributed by atoms with Crippen LogP contribution in [0.5, 0.6) is 0 Å². The van der Waals surface area contributed by atoms with Crippen molar-refractivity contribution in [3.8, 4) is 23.1 Å². The second-order valence-corrected chi connectivity index (χ2v) is 9.10. The van der Waals surface area contributed by atoms with Crippen molar-refractivity contribution in [2.45, 2.75) is 45.9 Å². The molecule has 4 nitrogen and oxygen atoms in total. The molecule has 0 saturated carbocycles. The smallest absolute Gasteiger partial charge is 0.120 e. The number of benzene rings is 1. The Kier molecular flexibility index (Phi) is 5.11. The highest BCUT2D eigenvalue weighted by atomic mass is 32.1. The summed E-state index contributed by atoms with van der Waals surface area (Å²) in [5.41, 5.74) is 5.12. The third-order valence-corrected chi connectivity index (χ3v) is 5.86. The summed E-state index contributed by atoms with van der Waals surface area (Å²) in [6.45, 7) is 8.34. The van der Waals surface area contributed by atoms with Gasteiger partial charge < -0.3 is 5.11 Å². The lowest BCUT2D eigenvalue weighted by molar-refractivity contribution is 0.143. The molecule has 28 heavy (non-hydrogen) atoms. The molecule has 1 aliphatic rings. The van der Waals surface area contributed by atoms with Crippen molar-refractivity contribution in [3.63, 3.8) is 0 Å². The number of aromatic nitrogens is 2. The Morgan fingerprint density at radius 3 is 2.75 bits per heavy atom. The Labute approximate surface area is 170 Å². The van der Waals surface area contributed by atoms with Crippen molar-refractivity contribution in [1.82, 2.24) is 15.1 Å². The minimum atomic E-state index is -0.957. The normalized spacial score (nSPS) is 14.4. The predicted molar refractivity (Wildman–Crippen MR) is 114 cm³/mol. The largest absolute Gasteiger partial charge is 0.378 e. The number of nitrogens with one attached hydrogen (secondary N) is 1. The molecule has 0 bridgehead atoms. The van der Waals surface area contributed by atoms with E-state index in [0.717, 1.165) is 36.6 Å². The van der Waals surface area contributed by atoms with Gasteiger partial charge in [-0.05, 0) is 32.9 Å². The molecule has 4 rings (SSSR count). The van der Waals surface area contributed by atoms with E-state index >= 15 is 0 Å². The number of hydrogen-bond donors (Lipinski definition) is 2. The van der Waals surface area contributed by atoms with Gasteiger partial charge in [-0.15, -0.1) is 11.3 Å². The van der Waals surface area contributed by atoms with E-state index in [4.69, 9.17) is 0 Å². The van der Waals surface area contributed by atoms with Crippen LogP contribution in [0.1, 0.15) is 40.4 Å². The SMILES string of the molecule is Cc1ccc(-c2n[nH]c3c2CN(Cc2ccc(C#CC(C)(C)O)s2)CC3)cc1. The molecule has 0 atom stereocenters. The van der Waals surface area contributed by atoms with Gasteiger partial charge in [0.1, 0.15) is 5.60 Å². The van der Waals surface area contributed by atoms with Crippen molar-refractivity contribution < 1.29 is 5.11 Å². The summed E-state index contributed by atoms with van der Waals surface area (Å²) in [6.07, 6.45) is 0.991. The lowest BCUT2D eigenvalue weighted by atomic mass is 10.0. The fourth-order valence-electron chi connectivity index (χ4n) is 3.40. The maximum absolute atomic E-state index is 9.77. The maximum atomic E-state index is 9.77. The van der Waals surface area contributed by atoms with Crippen LogP contribution in [-0.2, 0) is 19.5 Å². The van der Waals surface area contributed by atoms with Gasteiger partial charge in [0.15, 0.2) is 0 Å². The summed E-state index contributed by atoms with van der Waals surface area (Å²) >= 11 is 1.70. The van der Waals surface area contributed by atoms with Crippen molar-refractivity contribution in [2.75, 3.05) is 6.54 Å². The molecule has 0 amide bonds. The molecular formula is C23H25N3OS. The zero-order chi connectivity index (χ0) is 19.7. The van der Waals surface area contributed by atoms with Gasteiger partial charge in [-0.1, -0.05) is 41.7 Å². The predicted octanol–water partition coefficient (Wildman–Crippen LogP) is 4.13. The van der Waals surface area contributed by atoms with Crippen molar-refractivity contribution >= 4 is 11.3 Å². The van der Waals surface area contributed by atoms with Crippen molar-refractivity contribution in [3.05, 3.63) is 63.0 Å². The molecule has 0 aliphatic carbocycles. The zero-order valence-electron chi connectivity index (χ0n) is 16.5. The molecule has 0 saturated heterocycles. The molecule has 1 aliphatic heterocycles. The first-order chi connectivity index (χ1) is 13.4. The van der Waals surface area contributed by atoms with Crippen LogP contribution in [0.3, 0.4) is 0 Å². The third-order valence-electron chi connectivity index (χ3n) is 4.87. The molecule has 0 radical (unpaired) electrons. The van der Waals surface area contributed by atoms with E-state index in [1.807, 2.05) is 6.07 Å². The zero-order valence-corrected chi connectivity index (χ0v) is 17.4. The summed E-state index contributed by atoms with van der Waals surface area (Å²) in [4.78, 5) is 4.76. The van der Waals surface area contributed by atoms with Crippen LogP contribution in [-0.4, -0.2) is 32.3 Å². The molecule has 0 spiro atoms. The van der Waals surface area contributed by atoms with Crippen LogP contribution in [0.15, 0.2) is 36.4 Å². The minimum absolute atomic E-state index is 0.900. The van der Waals surface area contributed by atoms with E-state index in [2.05, 4.69) is 64.2 Å². The lowest BCUT2D eigenvalue weighted by Crippen LogP contribution is -2.29. The summed E-state index contributed by atoms with van der Waals surface area (Å²) in [6, 6.07) is 12.8. The number of hydrogen-bond acceptors (Lipinski definition) is 4. The number of fused-ring (bicyclic) bond motifs is 1. The van der Waals surface area contributed by atoms with E-state index in [-0.39, 0.29) is 0 Å². The van der Waals surface area contributed by atoms with Crippen molar-refractivity contribution in [2.24, 2.45) is 0 Å². The average molecular weight is 392 g/mol. The summed E-state index contributed by atoms with van der Waals surface area (Å²) < 4.78 is 0. The Balaban J connectivity index is 1.49. The first-order valence-corrected chi connectivity index (χ1v) is 10.4. The fraction of sp³-hybridized carbons (Fsp3) is 0.348. The molecule has 3 aromatic rings. The first-order valence-electron chi connectivity index (χ1n) is 9.57. The first kappa shape index (κ1) is 18.9. The van der Waals surface area contributed by atoms with E-state index in [1.54, 1.807) is 25.2 Å². The Morgan fingerprint density at radius 1 is 1.21 bits per heavy atom. The molecule has 144 valence electrons. The molecule has 2 aromatic heterocycles. The van der Waals surface area contributed by atoms with E-state index in [0.29, 0.717) is 0 Å². The number of aryl methyl sites for hydroxylation is 1. The molecule has 5 heteroatoms. The van der Waals surface area contributed by atoms with Crippen LogP contribution < -0.4 is 0 Å². The highest BCUT2D eigenvalue weighted by Crippen LogP contribution is 2.30. The summed E-state index contributed by atoms with van der Waals surface area (Å²) in [5.74, 6) is 5.96.